The van der Waals surface area contributed by atoms with Crippen molar-refractivity contribution in [3.05, 3.63) is 21.9 Å². The standard InChI is InChI=1S/C10H13BrOS/c1-7-2-5-10(13-7)9-4-3-8(6-11)12-9/h2,5,8-9H,3-4,6H2,1H3. The molecule has 2 rings (SSSR count). The Balaban J connectivity index is 2.03. The molecule has 0 N–H and O–H groups in total. The van der Waals surface area contributed by atoms with Gasteiger partial charge in [0.2, 0.25) is 0 Å². The molecule has 0 aromatic carbocycles. The molecule has 1 fully saturated rings. The highest BCUT2D eigenvalue weighted by atomic mass is 79.9. The number of rotatable bonds is 2. The molecule has 72 valence electrons. The van der Waals surface area contributed by atoms with Crippen molar-refractivity contribution in [3.8, 4) is 0 Å². The van der Waals surface area contributed by atoms with E-state index >= 15 is 0 Å². The fourth-order valence-corrected chi connectivity index (χ4v) is 3.08. The Bertz CT molecular complexity index is 284. The minimum atomic E-state index is 0.362. The highest BCUT2D eigenvalue weighted by molar-refractivity contribution is 9.09. The van der Waals surface area contributed by atoms with Gasteiger partial charge in [0, 0.05) is 15.1 Å². The van der Waals surface area contributed by atoms with Crippen molar-refractivity contribution in [3.63, 3.8) is 0 Å². The van der Waals surface area contributed by atoms with Crippen molar-refractivity contribution in [2.75, 3.05) is 5.33 Å². The molecule has 1 nitrogen and oxygen atoms in total. The lowest BCUT2D eigenvalue weighted by Crippen LogP contribution is -2.06. The Hall–Kier alpha value is 0.140. The largest absolute Gasteiger partial charge is 0.369 e. The minimum absolute atomic E-state index is 0.362. The predicted molar refractivity (Wildman–Crippen MR) is 59.7 cm³/mol. The molecule has 2 unspecified atom stereocenters. The van der Waals surface area contributed by atoms with Crippen molar-refractivity contribution in [2.24, 2.45) is 0 Å². The SMILES string of the molecule is Cc1ccc(C2CCC(CBr)O2)s1. The van der Waals surface area contributed by atoms with E-state index in [0.717, 1.165) is 5.33 Å². The third-order valence-corrected chi connectivity index (χ3v) is 4.17. The number of alkyl halides is 1. The first-order valence-corrected chi connectivity index (χ1v) is 6.51. The monoisotopic (exact) mass is 260 g/mol. The van der Waals surface area contributed by atoms with Crippen LogP contribution < -0.4 is 0 Å². The summed E-state index contributed by atoms with van der Waals surface area (Å²) < 4.78 is 5.87. The topological polar surface area (TPSA) is 9.23 Å². The second kappa shape index (κ2) is 4.11. The van der Waals surface area contributed by atoms with E-state index < -0.39 is 0 Å². The number of aryl methyl sites for hydroxylation is 1. The first-order chi connectivity index (χ1) is 6.29. The lowest BCUT2D eigenvalue weighted by atomic mass is 10.2. The van der Waals surface area contributed by atoms with Gasteiger partial charge in [0.15, 0.2) is 0 Å². The molecular formula is C10H13BrOS. The van der Waals surface area contributed by atoms with E-state index in [2.05, 4.69) is 35.0 Å². The molecule has 2 heterocycles. The normalized spacial score (nSPS) is 28.2. The molecular weight excluding hydrogens is 248 g/mol. The average molecular weight is 261 g/mol. The fourth-order valence-electron chi connectivity index (χ4n) is 1.65. The van der Waals surface area contributed by atoms with Gasteiger partial charge in [0.1, 0.15) is 0 Å². The molecule has 0 aliphatic carbocycles. The number of halogens is 1. The van der Waals surface area contributed by atoms with Crippen molar-refractivity contribution in [1.29, 1.82) is 0 Å². The van der Waals surface area contributed by atoms with E-state index in [1.807, 2.05) is 11.3 Å². The Morgan fingerprint density at radius 1 is 1.54 bits per heavy atom. The first kappa shape index (κ1) is 9.69. The molecule has 1 aromatic rings. The van der Waals surface area contributed by atoms with Gasteiger partial charge >= 0.3 is 0 Å². The highest BCUT2D eigenvalue weighted by Gasteiger charge is 2.26. The Labute approximate surface area is 91.2 Å². The number of thiophene rings is 1. The minimum Gasteiger partial charge on any atom is -0.369 e. The molecule has 0 saturated carbocycles. The quantitative estimate of drug-likeness (QED) is 0.738. The van der Waals surface area contributed by atoms with Crippen molar-refractivity contribution >= 4 is 27.3 Å². The summed E-state index contributed by atoms with van der Waals surface area (Å²) >= 11 is 5.32. The molecule has 0 amide bonds. The van der Waals surface area contributed by atoms with Crippen LogP contribution in [0.4, 0.5) is 0 Å². The van der Waals surface area contributed by atoms with Gasteiger partial charge in [-0.15, -0.1) is 11.3 Å². The van der Waals surface area contributed by atoms with Crippen molar-refractivity contribution in [1.82, 2.24) is 0 Å². The van der Waals surface area contributed by atoms with Crippen molar-refractivity contribution < 1.29 is 4.74 Å². The maximum absolute atomic E-state index is 5.87. The Morgan fingerprint density at radius 3 is 2.92 bits per heavy atom. The van der Waals surface area contributed by atoms with Gasteiger partial charge in [-0.2, -0.15) is 0 Å². The van der Waals surface area contributed by atoms with Gasteiger partial charge < -0.3 is 4.74 Å². The van der Waals surface area contributed by atoms with E-state index in [9.17, 15) is 0 Å². The van der Waals surface area contributed by atoms with Gasteiger partial charge in [0.25, 0.3) is 0 Å². The Kier molecular flexibility index (Phi) is 3.06. The van der Waals surface area contributed by atoms with Gasteiger partial charge in [-0.1, -0.05) is 15.9 Å². The summed E-state index contributed by atoms with van der Waals surface area (Å²) in [5.74, 6) is 0. The molecule has 2 atom stereocenters. The maximum atomic E-state index is 5.87. The average Bonchev–Trinajstić information content (AvgIpc) is 2.71. The smallest absolute Gasteiger partial charge is 0.0922 e. The third kappa shape index (κ3) is 2.14. The highest BCUT2D eigenvalue weighted by Crippen LogP contribution is 2.36. The van der Waals surface area contributed by atoms with E-state index in [1.54, 1.807) is 0 Å². The molecule has 3 heteroatoms. The molecule has 0 spiro atoms. The van der Waals surface area contributed by atoms with Crippen LogP contribution in [0.2, 0.25) is 0 Å². The zero-order valence-corrected chi connectivity index (χ0v) is 10.0. The lowest BCUT2D eigenvalue weighted by molar-refractivity contribution is 0.0610. The zero-order chi connectivity index (χ0) is 9.26. The summed E-state index contributed by atoms with van der Waals surface area (Å²) in [6, 6.07) is 4.37. The van der Waals surface area contributed by atoms with Gasteiger partial charge in [-0.05, 0) is 31.9 Å². The van der Waals surface area contributed by atoms with Crippen LogP contribution in [-0.4, -0.2) is 11.4 Å². The van der Waals surface area contributed by atoms with Gasteiger partial charge in [-0.3, -0.25) is 0 Å². The number of hydrogen-bond acceptors (Lipinski definition) is 2. The number of hydrogen-bond donors (Lipinski definition) is 0. The molecule has 0 bridgehead atoms. The third-order valence-electron chi connectivity index (χ3n) is 2.36. The zero-order valence-electron chi connectivity index (χ0n) is 7.63. The van der Waals surface area contributed by atoms with Crippen LogP contribution in [0.5, 0.6) is 0 Å². The van der Waals surface area contributed by atoms with Crippen LogP contribution in [0.1, 0.15) is 28.7 Å². The molecule has 1 aliphatic rings. The molecule has 13 heavy (non-hydrogen) atoms. The molecule has 1 aromatic heterocycles. The summed E-state index contributed by atoms with van der Waals surface area (Å²) in [5, 5.41) is 0.966. The van der Waals surface area contributed by atoms with Crippen LogP contribution >= 0.6 is 27.3 Å². The van der Waals surface area contributed by atoms with Crippen LogP contribution in [0.25, 0.3) is 0 Å². The van der Waals surface area contributed by atoms with E-state index in [-0.39, 0.29) is 0 Å². The second-order valence-electron chi connectivity index (χ2n) is 3.43. The van der Waals surface area contributed by atoms with Crippen molar-refractivity contribution in [2.45, 2.75) is 32.0 Å². The van der Waals surface area contributed by atoms with Crippen LogP contribution in [0, 0.1) is 6.92 Å². The van der Waals surface area contributed by atoms with E-state index in [1.165, 1.54) is 22.6 Å². The Morgan fingerprint density at radius 2 is 2.38 bits per heavy atom. The summed E-state index contributed by atoms with van der Waals surface area (Å²) in [6.45, 7) is 2.14. The van der Waals surface area contributed by atoms with E-state index in [4.69, 9.17) is 4.74 Å². The molecule has 1 saturated heterocycles. The number of ether oxygens (including phenoxy) is 1. The summed E-state index contributed by atoms with van der Waals surface area (Å²) in [6.07, 6.45) is 3.15. The van der Waals surface area contributed by atoms with Gasteiger partial charge in [0.05, 0.1) is 12.2 Å². The first-order valence-electron chi connectivity index (χ1n) is 4.57. The molecule has 1 aliphatic heterocycles. The van der Waals surface area contributed by atoms with Crippen LogP contribution in [-0.2, 0) is 4.74 Å². The van der Waals surface area contributed by atoms with Crippen LogP contribution in [0.3, 0.4) is 0 Å². The second-order valence-corrected chi connectivity index (χ2v) is 5.39. The van der Waals surface area contributed by atoms with Gasteiger partial charge in [-0.25, -0.2) is 0 Å². The lowest BCUT2D eigenvalue weighted by Gasteiger charge is -2.09. The predicted octanol–water partition coefficient (Wildman–Crippen LogP) is 3.67. The molecule has 0 radical (unpaired) electrons. The van der Waals surface area contributed by atoms with E-state index in [0.29, 0.717) is 12.2 Å². The summed E-state index contributed by atoms with van der Waals surface area (Å²) in [7, 11) is 0. The summed E-state index contributed by atoms with van der Waals surface area (Å²) in [5.41, 5.74) is 0. The maximum Gasteiger partial charge on any atom is 0.0922 e. The fraction of sp³-hybridized carbons (Fsp3) is 0.600. The van der Waals surface area contributed by atoms with Crippen LogP contribution in [0.15, 0.2) is 12.1 Å². The summed E-state index contributed by atoms with van der Waals surface area (Å²) in [4.78, 5) is 2.77.